The second-order valence-electron chi connectivity index (χ2n) is 7.70. The van der Waals surface area contributed by atoms with Crippen molar-refractivity contribution in [3.63, 3.8) is 0 Å². The molecule has 0 saturated carbocycles. The van der Waals surface area contributed by atoms with Crippen molar-refractivity contribution >= 4 is 17.5 Å². The highest BCUT2D eigenvalue weighted by molar-refractivity contribution is 5.68. The third-order valence-corrected chi connectivity index (χ3v) is 3.78. The summed E-state index contributed by atoms with van der Waals surface area (Å²) in [6, 6.07) is 18.5. The smallest absolute Gasteiger partial charge is 0.225 e. The molecule has 3 aromatic rings. The fraction of sp³-hybridized carbons (Fsp3) is 0.273. The van der Waals surface area contributed by atoms with Crippen molar-refractivity contribution in [3.05, 3.63) is 65.7 Å². The van der Waals surface area contributed by atoms with E-state index in [0.717, 1.165) is 22.8 Å². The highest BCUT2D eigenvalue weighted by atomic mass is 15.2. The second kappa shape index (κ2) is 7.16. The van der Waals surface area contributed by atoms with Gasteiger partial charge in [0.1, 0.15) is 5.82 Å². The van der Waals surface area contributed by atoms with Crippen LogP contribution in [0.2, 0.25) is 0 Å². The summed E-state index contributed by atoms with van der Waals surface area (Å²) in [4.78, 5) is 9.37. The highest BCUT2D eigenvalue weighted by Crippen LogP contribution is 2.25. The zero-order chi connectivity index (χ0) is 18.7. The molecule has 134 valence electrons. The highest BCUT2D eigenvalue weighted by Gasteiger charge is 2.14. The molecule has 0 saturated heterocycles. The summed E-state index contributed by atoms with van der Waals surface area (Å²) in [5, 5.41) is 6.81. The molecule has 4 nitrogen and oxygen atoms in total. The number of aryl methyl sites for hydroxylation is 2. The molecule has 0 atom stereocenters. The van der Waals surface area contributed by atoms with Crippen LogP contribution < -0.4 is 10.6 Å². The summed E-state index contributed by atoms with van der Waals surface area (Å²) in [7, 11) is 0. The van der Waals surface area contributed by atoms with Gasteiger partial charge < -0.3 is 10.6 Å². The molecule has 2 N–H and O–H groups in total. The van der Waals surface area contributed by atoms with E-state index in [0.29, 0.717) is 5.95 Å². The van der Waals surface area contributed by atoms with Crippen LogP contribution in [0, 0.1) is 13.8 Å². The lowest BCUT2D eigenvalue weighted by molar-refractivity contribution is 0.626. The first-order valence-corrected chi connectivity index (χ1v) is 8.86. The molecule has 1 heterocycles. The lowest BCUT2D eigenvalue weighted by Crippen LogP contribution is -2.27. The minimum absolute atomic E-state index is 0.119. The van der Waals surface area contributed by atoms with Crippen molar-refractivity contribution in [2.45, 2.75) is 40.2 Å². The first kappa shape index (κ1) is 17.9. The van der Waals surface area contributed by atoms with Crippen LogP contribution in [0.5, 0.6) is 0 Å². The molecular formula is C22H26N4. The third-order valence-electron chi connectivity index (χ3n) is 3.78. The molecule has 26 heavy (non-hydrogen) atoms. The average molecular weight is 346 g/mol. The van der Waals surface area contributed by atoms with E-state index in [-0.39, 0.29) is 5.54 Å². The second-order valence-corrected chi connectivity index (χ2v) is 7.70. The topological polar surface area (TPSA) is 49.8 Å². The quantitative estimate of drug-likeness (QED) is 0.635. The first-order chi connectivity index (χ1) is 12.3. The molecule has 0 fully saturated rings. The zero-order valence-corrected chi connectivity index (χ0v) is 16.1. The van der Waals surface area contributed by atoms with Gasteiger partial charge in [-0.2, -0.15) is 4.98 Å². The Morgan fingerprint density at radius 3 is 2.08 bits per heavy atom. The van der Waals surface area contributed by atoms with Crippen LogP contribution in [0.15, 0.2) is 54.6 Å². The molecule has 0 spiro atoms. The Bertz CT molecular complexity index is 876. The van der Waals surface area contributed by atoms with E-state index in [1.807, 2.05) is 24.3 Å². The SMILES string of the molecule is Cc1cc(C)cc(Nc2cc(-c3ccccc3)nc(NC(C)(C)C)n2)c1. The van der Waals surface area contributed by atoms with E-state index >= 15 is 0 Å². The Hall–Kier alpha value is -2.88. The number of aromatic nitrogens is 2. The zero-order valence-electron chi connectivity index (χ0n) is 16.1. The minimum atomic E-state index is -0.119. The van der Waals surface area contributed by atoms with Crippen LogP contribution in [0.4, 0.5) is 17.5 Å². The molecule has 0 unspecified atom stereocenters. The Morgan fingerprint density at radius 1 is 0.808 bits per heavy atom. The van der Waals surface area contributed by atoms with Gasteiger partial charge in [0.05, 0.1) is 5.69 Å². The van der Waals surface area contributed by atoms with Crippen LogP contribution in [-0.4, -0.2) is 15.5 Å². The summed E-state index contributed by atoms with van der Waals surface area (Å²) in [6.45, 7) is 10.5. The lowest BCUT2D eigenvalue weighted by atomic mass is 10.1. The number of anilines is 3. The maximum atomic E-state index is 4.70. The molecule has 4 heteroatoms. The van der Waals surface area contributed by atoms with Crippen LogP contribution in [0.1, 0.15) is 31.9 Å². The summed E-state index contributed by atoms with van der Waals surface area (Å²) in [6.07, 6.45) is 0. The molecule has 0 aliphatic rings. The van der Waals surface area contributed by atoms with Crippen molar-refractivity contribution in [2.24, 2.45) is 0 Å². The van der Waals surface area contributed by atoms with Gasteiger partial charge in [-0.15, -0.1) is 0 Å². The predicted octanol–water partition coefficient (Wildman–Crippen LogP) is 5.71. The number of hydrogen-bond donors (Lipinski definition) is 2. The van der Waals surface area contributed by atoms with Gasteiger partial charge in [0, 0.05) is 22.9 Å². The van der Waals surface area contributed by atoms with E-state index in [1.54, 1.807) is 0 Å². The molecule has 0 radical (unpaired) electrons. The van der Waals surface area contributed by atoms with Gasteiger partial charge >= 0.3 is 0 Å². The number of nitrogens with one attached hydrogen (secondary N) is 2. The van der Waals surface area contributed by atoms with Crippen molar-refractivity contribution in [2.75, 3.05) is 10.6 Å². The van der Waals surface area contributed by atoms with Gasteiger partial charge in [-0.3, -0.25) is 0 Å². The van der Waals surface area contributed by atoms with Crippen LogP contribution in [0.3, 0.4) is 0 Å². The molecule has 2 aromatic carbocycles. The predicted molar refractivity (Wildman–Crippen MR) is 110 cm³/mol. The molecule has 3 rings (SSSR count). The maximum absolute atomic E-state index is 4.70. The van der Waals surface area contributed by atoms with E-state index in [2.05, 4.69) is 80.6 Å². The number of nitrogens with zero attached hydrogens (tertiary/aromatic N) is 2. The first-order valence-electron chi connectivity index (χ1n) is 8.86. The standard InChI is InChI=1S/C22H26N4/c1-15-11-16(2)13-18(12-15)23-20-14-19(17-9-7-6-8-10-17)24-21(25-20)26-22(3,4)5/h6-14H,1-5H3,(H2,23,24,25,26). The molecule has 0 amide bonds. The fourth-order valence-corrected chi connectivity index (χ4v) is 2.85. The van der Waals surface area contributed by atoms with Crippen LogP contribution in [-0.2, 0) is 0 Å². The fourth-order valence-electron chi connectivity index (χ4n) is 2.85. The Balaban J connectivity index is 2.01. The van der Waals surface area contributed by atoms with Crippen molar-refractivity contribution in [3.8, 4) is 11.3 Å². The summed E-state index contributed by atoms with van der Waals surface area (Å²) < 4.78 is 0. The van der Waals surface area contributed by atoms with Crippen molar-refractivity contribution < 1.29 is 0 Å². The number of hydrogen-bond acceptors (Lipinski definition) is 4. The molecule has 1 aromatic heterocycles. The monoisotopic (exact) mass is 346 g/mol. The number of benzene rings is 2. The van der Waals surface area contributed by atoms with E-state index in [9.17, 15) is 0 Å². The summed E-state index contributed by atoms with van der Waals surface area (Å²) in [5.41, 5.74) is 5.30. The molecule has 0 bridgehead atoms. The Morgan fingerprint density at radius 2 is 1.46 bits per heavy atom. The van der Waals surface area contributed by atoms with Gasteiger partial charge in [-0.05, 0) is 57.9 Å². The van der Waals surface area contributed by atoms with E-state index in [4.69, 9.17) is 4.98 Å². The molecular weight excluding hydrogens is 320 g/mol. The average Bonchev–Trinajstić information content (AvgIpc) is 2.53. The van der Waals surface area contributed by atoms with Gasteiger partial charge in [-0.1, -0.05) is 36.4 Å². The van der Waals surface area contributed by atoms with Crippen LogP contribution in [0.25, 0.3) is 11.3 Å². The maximum Gasteiger partial charge on any atom is 0.225 e. The van der Waals surface area contributed by atoms with Crippen molar-refractivity contribution in [1.29, 1.82) is 0 Å². The van der Waals surface area contributed by atoms with Crippen molar-refractivity contribution in [1.82, 2.24) is 9.97 Å². The normalized spacial score (nSPS) is 11.3. The van der Waals surface area contributed by atoms with Gasteiger partial charge in [0.15, 0.2) is 0 Å². The minimum Gasteiger partial charge on any atom is -0.350 e. The van der Waals surface area contributed by atoms with Gasteiger partial charge in [-0.25, -0.2) is 4.98 Å². The molecule has 0 aliphatic heterocycles. The lowest BCUT2D eigenvalue weighted by Gasteiger charge is -2.21. The van der Waals surface area contributed by atoms with E-state index < -0.39 is 0 Å². The Kier molecular flexibility index (Phi) is 4.94. The molecule has 0 aliphatic carbocycles. The largest absolute Gasteiger partial charge is 0.350 e. The third kappa shape index (κ3) is 4.82. The Labute approximate surface area is 155 Å². The summed E-state index contributed by atoms with van der Waals surface area (Å²) >= 11 is 0. The van der Waals surface area contributed by atoms with Crippen LogP contribution >= 0.6 is 0 Å². The van der Waals surface area contributed by atoms with Gasteiger partial charge in [0.25, 0.3) is 0 Å². The summed E-state index contributed by atoms with van der Waals surface area (Å²) in [5.74, 6) is 1.39. The van der Waals surface area contributed by atoms with Gasteiger partial charge in [0.2, 0.25) is 5.95 Å². The van der Waals surface area contributed by atoms with E-state index in [1.165, 1.54) is 11.1 Å². The number of rotatable bonds is 4.